The lowest BCUT2D eigenvalue weighted by atomic mass is 9.96. The Morgan fingerprint density at radius 2 is 2.00 bits per heavy atom. The van der Waals surface area contributed by atoms with Crippen molar-refractivity contribution in [1.82, 2.24) is 14.9 Å². The van der Waals surface area contributed by atoms with E-state index < -0.39 is 0 Å². The van der Waals surface area contributed by atoms with Gasteiger partial charge in [0.25, 0.3) is 0 Å². The molecule has 0 saturated heterocycles. The summed E-state index contributed by atoms with van der Waals surface area (Å²) in [6.45, 7) is 12.5. The van der Waals surface area contributed by atoms with Gasteiger partial charge in [0.2, 0.25) is 0 Å². The molecular weight excluding hydrogens is 226 g/mol. The molecule has 18 heavy (non-hydrogen) atoms. The lowest BCUT2D eigenvalue weighted by Crippen LogP contribution is -2.38. The van der Waals surface area contributed by atoms with Crippen LogP contribution in [0.4, 0.5) is 4.79 Å². The van der Waals surface area contributed by atoms with Crippen LogP contribution < -0.4 is 5.32 Å². The summed E-state index contributed by atoms with van der Waals surface area (Å²) in [5.74, 6) is 1.36. The van der Waals surface area contributed by atoms with Crippen molar-refractivity contribution < 1.29 is 4.79 Å². The predicted octanol–water partition coefficient (Wildman–Crippen LogP) is 3.17. The van der Waals surface area contributed by atoms with E-state index in [0.29, 0.717) is 5.92 Å². The number of imidazole rings is 1. The SMILES string of the molecule is CC(C)CC(C)NC(=O)n1ccnc1C(C)(C)C. The van der Waals surface area contributed by atoms with Gasteiger partial charge in [-0.05, 0) is 19.3 Å². The Balaban J connectivity index is 2.77. The number of hydrogen-bond donors (Lipinski definition) is 1. The molecule has 0 spiro atoms. The topological polar surface area (TPSA) is 46.9 Å². The van der Waals surface area contributed by atoms with Crippen LogP contribution in [0, 0.1) is 5.92 Å². The molecule has 0 aliphatic rings. The maximum absolute atomic E-state index is 12.2. The van der Waals surface area contributed by atoms with Crippen molar-refractivity contribution in [2.75, 3.05) is 0 Å². The predicted molar refractivity (Wildman–Crippen MR) is 73.8 cm³/mol. The molecule has 4 heteroatoms. The lowest BCUT2D eigenvalue weighted by Gasteiger charge is -2.21. The van der Waals surface area contributed by atoms with Gasteiger partial charge in [0, 0.05) is 23.9 Å². The van der Waals surface area contributed by atoms with Gasteiger partial charge in [-0.1, -0.05) is 34.6 Å². The Kier molecular flexibility index (Phi) is 4.54. The first-order chi connectivity index (χ1) is 8.21. The van der Waals surface area contributed by atoms with Crippen LogP contribution in [0.15, 0.2) is 12.4 Å². The standard InChI is InChI=1S/C14H25N3O/c1-10(2)9-11(3)16-13(18)17-8-7-15-12(17)14(4,5)6/h7-8,10-11H,9H2,1-6H3,(H,16,18). The van der Waals surface area contributed by atoms with E-state index in [1.807, 2.05) is 6.92 Å². The second kappa shape index (κ2) is 5.55. The molecule has 1 amide bonds. The van der Waals surface area contributed by atoms with E-state index in [0.717, 1.165) is 12.2 Å². The van der Waals surface area contributed by atoms with E-state index in [-0.39, 0.29) is 17.5 Å². The van der Waals surface area contributed by atoms with Crippen LogP contribution in [0.1, 0.15) is 53.8 Å². The average molecular weight is 251 g/mol. The summed E-state index contributed by atoms with van der Waals surface area (Å²) in [7, 11) is 0. The first-order valence-corrected chi connectivity index (χ1v) is 6.56. The Morgan fingerprint density at radius 1 is 1.39 bits per heavy atom. The second-order valence-electron chi connectivity index (χ2n) is 6.35. The molecule has 0 aliphatic carbocycles. The van der Waals surface area contributed by atoms with E-state index in [9.17, 15) is 4.79 Å². The molecule has 1 aromatic rings. The molecule has 102 valence electrons. The van der Waals surface area contributed by atoms with Crippen LogP contribution in [0.3, 0.4) is 0 Å². The summed E-state index contributed by atoms with van der Waals surface area (Å²) in [6, 6.07) is 0.0818. The minimum atomic E-state index is -0.137. The number of aromatic nitrogens is 2. The maximum atomic E-state index is 12.2. The van der Waals surface area contributed by atoms with Gasteiger partial charge in [-0.15, -0.1) is 0 Å². The van der Waals surface area contributed by atoms with Crippen molar-refractivity contribution in [3.8, 4) is 0 Å². The smallest absolute Gasteiger partial charge is 0.327 e. The molecule has 0 aliphatic heterocycles. The molecule has 0 fully saturated rings. The van der Waals surface area contributed by atoms with Gasteiger partial charge in [0.1, 0.15) is 5.82 Å². The quantitative estimate of drug-likeness (QED) is 0.897. The van der Waals surface area contributed by atoms with Gasteiger partial charge in [-0.3, -0.25) is 4.57 Å². The van der Waals surface area contributed by atoms with E-state index in [1.165, 1.54) is 0 Å². The second-order valence-corrected chi connectivity index (χ2v) is 6.35. The van der Waals surface area contributed by atoms with Crippen LogP contribution in [-0.2, 0) is 5.41 Å². The fraction of sp³-hybridized carbons (Fsp3) is 0.714. The van der Waals surface area contributed by atoms with Gasteiger partial charge in [0.15, 0.2) is 0 Å². The molecule has 1 atom stereocenters. The zero-order valence-corrected chi connectivity index (χ0v) is 12.3. The highest BCUT2D eigenvalue weighted by molar-refractivity contribution is 5.77. The van der Waals surface area contributed by atoms with E-state index >= 15 is 0 Å². The van der Waals surface area contributed by atoms with Crippen LogP contribution in [0.25, 0.3) is 0 Å². The third-order valence-electron chi connectivity index (χ3n) is 2.73. The zero-order chi connectivity index (χ0) is 13.9. The van der Waals surface area contributed by atoms with Gasteiger partial charge in [-0.25, -0.2) is 9.78 Å². The summed E-state index contributed by atoms with van der Waals surface area (Å²) in [5, 5.41) is 3.01. The van der Waals surface area contributed by atoms with Crippen molar-refractivity contribution >= 4 is 6.03 Å². The fourth-order valence-corrected chi connectivity index (χ4v) is 2.07. The van der Waals surface area contributed by atoms with Crippen LogP contribution in [0.2, 0.25) is 0 Å². The first-order valence-electron chi connectivity index (χ1n) is 6.56. The molecule has 4 nitrogen and oxygen atoms in total. The average Bonchev–Trinajstić information content (AvgIpc) is 2.62. The molecule has 1 heterocycles. The number of carbonyl (C=O) groups is 1. The van der Waals surface area contributed by atoms with Crippen LogP contribution >= 0.6 is 0 Å². The van der Waals surface area contributed by atoms with Crippen molar-refractivity contribution in [2.45, 2.75) is 59.4 Å². The normalized spacial score (nSPS) is 13.7. The Bertz CT molecular complexity index is 401. The summed E-state index contributed by atoms with van der Waals surface area (Å²) in [5.41, 5.74) is -0.137. The molecule has 1 rings (SSSR count). The Morgan fingerprint density at radius 3 is 2.50 bits per heavy atom. The number of nitrogens with zero attached hydrogens (tertiary/aromatic N) is 2. The van der Waals surface area contributed by atoms with Gasteiger partial charge < -0.3 is 5.32 Å². The Labute approximate surface area is 110 Å². The third-order valence-corrected chi connectivity index (χ3v) is 2.73. The zero-order valence-electron chi connectivity index (χ0n) is 12.3. The van der Waals surface area contributed by atoms with Crippen molar-refractivity contribution in [1.29, 1.82) is 0 Å². The van der Waals surface area contributed by atoms with E-state index in [2.05, 4.69) is 44.9 Å². The summed E-state index contributed by atoms with van der Waals surface area (Å²) in [4.78, 5) is 16.5. The van der Waals surface area contributed by atoms with Gasteiger partial charge >= 0.3 is 6.03 Å². The number of hydrogen-bond acceptors (Lipinski definition) is 2. The minimum absolute atomic E-state index is 0.0921. The summed E-state index contributed by atoms with van der Waals surface area (Å²) >= 11 is 0. The number of nitrogens with one attached hydrogen (secondary N) is 1. The molecule has 1 aromatic heterocycles. The van der Waals surface area contributed by atoms with Gasteiger partial charge in [-0.2, -0.15) is 0 Å². The Hall–Kier alpha value is -1.32. The minimum Gasteiger partial charge on any atom is -0.335 e. The highest BCUT2D eigenvalue weighted by atomic mass is 16.2. The summed E-state index contributed by atoms with van der Waals surface area (Å²) in [6.07, 6.45) is 4.37. The number of rotatable bonds is 3. The van der Waals surface area contributed by atoms with Crippen molar-refractivity contribution in [3.05, 3.63) is 18.2 Å². The summed E-state index contributed by atoms with van der Waals surface area (Å²) < 4.78 is 1.61. The van der Waals surface area contributed by atoms with Crippen LogP contribution in [-0.4, -0.2) is 21.6 Å². The maximum Gasteiger partial charge on any atom is 0.327 e. The molecule has 0 aromatic carbocycles. The number of carbonyl (C=O) groups excluding carboxylic acids is 1. The largest absolute Gasteiger partial charge is 0.335 e. The van der Waals surface area contributed by atoms with Crippen molar-refractivity contribution in [3.63, 3.8) is 0 Å². The molecule has 0 radical (unpaired) electrons. The molecule has 0 saturated carbocycles. The third kappa shape index (κ3) is 3.86. The monoisotopic (exact) mass is 251 g/mol. The first kappa shape index (κ1) is 14.7. The molecule has 0 bridgehead atoms. The lowest BCUT2D eigenvalue weighted by molar-refractivity contribution is 0.235. The van der Waals surface area contributed by atoms with Gasteiger partial charge in [0.05, 0.1) is 0 Å². The van der Waals surface area contributed by atoms with Crippen molar-refractivity contribution in [2.24, 2.45) is 5.92 Å². The molecular formula is C14H25N3O. The molecule has 1 N–H and O–H groups in total. The van der Waals surface area contributed by atoms with E-state index in [1.54, 1.807) is 17.0 Å². The van der Waals surface area contributed by atoms with E-state index in [4.69, 9.17) is 0 Å². The number of amides is 1. The fourth-order valence-electron chi connectivity index (χ4n) is 2.07. The highest BCUT2D eigenvalue weighted by Gasteiger charge is 2.23. The van der Waals surface area contributed by atoms with Crippen LogP contribution in [0.5, 0.6) is 0 Å². The highest BCUT2D eigenvalue weighted by Crippen LogP contribution is 2.19. The molecule has 1 unspecified atom stereocenters.